The van der Waals surface area contributed by atoms with Crippen LogP contribution in [0.25, 0.3) is 0 Å². The van der Waals surface area contributed by atoms with Gasteiger partial charge in [0.05, 0.1) is 6.16 Å². The number of nitrogens with two attached hydrogens (primary N) is 1. The molecule has 0 fully saturated rings. The van der Waals surface area contributed by atoms with Gasteiger partial charge in [-0.15, -0.1) is 0 Å². The van der Waals surface area contributed by atoms with E-state index >= 15 is 0 Å². The number of carboxylic acid groups (broad SMARTS) is 1. The van der Waals surface area contributed by atoms with Gasteiger partial charge in [-0.25, -0.2) is 0 Å². The Balaban J connectivity index is 2.68. The summed E-state index contributed by atoms with van der Waals surface area (Å²) < 4.78 is 10.9. The Labute approximate surface area is 111 Å². The van der Waals surface area contributed by atoms with Crippen LogP contribution in [0, 0.1) is 0 Å². The third-order valence-corrected chi connectivity index (χ3v) is 3.64. The molecule has 0 aromatic heterocycles. The highest BCUT2D eigenvalue weighted by molar-refractivity contribution is 7.51. The summed E-state index contributed by atoms with van der Waals surface area (Å²) in [6.45, 7) is 0. The fraction of sp³-hybridized carbons (Fsp3) is 0.417. The Hall–Kier alpha value is -1.20. The minimum Gasteiger partial charge on any atom is -0.480 e. The van der Waals surface area contributed by atoms with Crippen LogP contribution in [0.1, 0.15) is 17.5 Å². The molecular weight excluding hydrogens is 269 g/mol. The van der Waals surface area contributed by atoms with E-state index in [2.05, 4.69) is 0 Å². The van der Waals surface area contributed by atoms with Crippen LogP contribution >= 0.6 is 7.60 Å². The average Bonchev–Trinajstić information content (AvgIpc) is 2.33. The Morgan fingerprint density at radius 2 is 1.74 bits per heavy atom. The van der Waals surface area contributed by atoms with E-state index in [4.69, 9.17) is 20.6 Å². The molecule has 5 N–H and O–H groups in total. The van der Waals surface area contributed by atoms with E-state index in [0.29, 0.717) is 12.8 Å². The van der Waals surface area contributed by atoms with Crippen molar-refractivity contribution in [3.63, 3.8) is 0 Å². The zero-order chi connectivity index (χ0) is 14.5. The highest BCUT2D eigenvalue weighted by Crippen LogP contribution is 2.35. The first kappa shape index (κ1) is 15.9. The molecule has 0 aliphatic carbocycles. The number of carbonyl (C=O) groups is 1. The van der Waals surface area contributed by atoms with Crippen molar-refractivity contribution >= 4 is 13.6 Å². The summed E-state index contributed by atoms with van der Waals surface area (Å²) in [7, 11) is -4.02. The second-order valence-electron chi connectivity index (χ2n) is 4.39. The molecule has 0 aliphatic heterocycles. The van der Waals surface area contributed by atoms with Crippen molar-refractivity contribution in [3.05, 3.63) is 35.4 Å². The third-order valence-electron chi connectivity index (χ3n) is 2.83. The van der Waals surface area contributed by atoms with E-state index in [0.717, 1.165) is 11.1 Å². The summed E-state index contributed by atoms with van der Waals surface area (Å²) in [4.78, 5) is 28.4. The van der Waals surface area contributed by atoms with Crippen molar-refractivity contribution in [1.29, 1.82) is 0 Å². The number of carboxylic acids is 1. The lowest BCUT2D eigenvalue weighted by atomic mass is 9.99. The van der Waals surface area contributed by atoms with Gasteiger partial charge in [0.2, 0.25) is 0 Å². The van der Waals surface area contributed by atoms with Crippen LogP contribution in [0.15, 0.2) is 24.3 Å². The molecule has 0 aliphatic rings. The van der Waals surface area contributed by atoms with Crippen molar-refractivity contribution < 1.29 is 24.3 Å². The molecule has 1 rings (SSSR count). The standard InChI is InChI=1S/C12H18NO5P/c13-11(12(14)15)6-5-9-3-1-2-4-10(9)7-8-19(16,17)18/h1-4,11H,5-8,13H2,(H,14,15)(H2,16,17,18). The van der Waals surface area contributed by atoms with Crippen LogP contribution in [0.2, 0.25) is 0 Å². The number of aryl methyl sites for hydroxylation is 2. The van der Waals surface area contributed by atoms with Crippen LogP contribution in [-0.4, -0.2) is 33.1 Å². The summed E-state index contributed by atoms with van der Waals surface area (Å²) in [5.41, 5.74) is 7.14. The predicted octanol–water partition coefficient (Wildman–Crippen LogP) is 0.751. The van der Waals surface area contributed by atoms with Gasteiger partial charge in [0.1, 0.15) is 6.04 Å². The SMILES string of the molecule is NC(CCc1ccccc1CCP(=O)(O)O)C(=O)O. The molecule has 0 bridgehead atoms. The number of hydrogen-bond acceptors (Lipinski definition) is 3. The van der Waals surface area contributed by atoms with E-state index < -0.39 is 19.6 Å². The van der Waals surface area contributed by atoms with Crippen LogP contribution < -0.4 is 5.73 Å². The van der Waals surface area contributed by atoms with Gasteiger partial charge in [0.15, 0.2) is 0 Å². The lowest BCUT2D eigenvalue weighted by molar-refractivity contribution is -0.138. The van der Waals surface area contributed by atoms with E-state index in [-0.39, 0.29) is 12.6 Å². The smallest absolute Gasteiger partial charge is 0.325 e. The third kappa shape index (κ3) is 5.98. The number of benzene rings is 1. The van der Waals surface area contributed by atoms with Gasteiger partial charge in [-0.1, -0.05) is 24.3 Å². The highest BCUT2D eigenvalue weighted by Gasteiger charge is 2.15. The topological polar surface area (TPSA) is 121 Å². The van der Waals surface area contributed by atoms with Crippen molar-refractivity contribution in [2.45, 2.75) is 25.3 Å². The maximum atomic E-state index is 10.9. The second kappa shape index (κ2) is 6.82. The maximum Gasteiger partial charge on any atom is 0.325 e. The Bertz CT molecular complexity index is 485. The van der Waals surface area contributed by atoms with E-state index in [1.807, 2.05) is 12.1 Å². The lowest BCUT2D eigenvalue weighted by Crippen LogP contribution is -2.30. The molecule has 0 amide bonds. The summed E-state index contributed by atoms with van der Waals surface area (Å²) >= 11 is 0. The Morgan fingerprint density at radius 3 is 2.21 bits per heavy atom. The molecule has 19 heavy (non-hydrogen) atoms. The first-order valence-electron chi connectivity index (χ1n) is 5.89. The summed E-state index contributed by atoms with van der Waals surface area (Å²) in [5.74, 6) is -1.05. The molecule has 0 saturated heterocycles. The van der Waals surface area contributed by atoms with Crippen molar-refractivity contribution in [2.24, 2.45) is 5.73 Å². The molecule has 1 atom stereocenters. The summed E-state index contributed by atoms with van der Waals surface area (Å²) in [6, 6.07) is 6.29. The van der Waals surface area contributed by atoms with E-state index in [9.17, 15) is 9.36 Å². The van der Waals surface area contributed by atoms with E-state index in [1.54, 1.807) is 12.1 Å². The van der Waals surface area contributed by atoms with Crippen molar-refractivity contribution in [1.82, 2.24) is 0 Å². The van der Waals surface area contributed by atoms with Gasteiger partial charge in [-0.05, 0) is 30.4 Å². The van der Waals surface area contributed by atoms with Crippen LogP contribution in [0.4, 0.5) is 0 Å². The number of rotatable bonds is 7. The van der Waals surface area contributed by atoms with Gasteiger partial charge in [-0.2, -0.15) is 0 Å². The molecule has 106 valence electrons. The van der Waals surface area contributed by atoms with Gasteiger partial charge >= 0.3 is 13.6 Å². The van der Waals surface area contributed by atoms with Gasteiger partial charge in [-0.3, -0.25) is 9.36 Å². The maximum absolute atomic E-state index is 10.9. The Morgan fingerprint density at radius 1 is 1.21 bits per heavy atom. The number of hydrogen-bond donors (Lipinski definition) is 4. The van der Waals surface area contributed by atoms with Gasteiger partial charge < -0.3 is 20.6 Å². The van der Waals surface area contributed by atoms with Crippen LogP contribution in [-0.2, 0) is 22.2 Å². The summed E-state index contributed by atoms with van der Waals surface area (Å²) in [6.07, 6.45) is 0.824. The number of aliphatic carboxylic acids is 1. The minimum atomic E-state index is -4.02. The van der Waals surface area contributed by atoms with Crippen LogP contribution in [0.3, 0.4) is 0 Å². The molecular formula is C12H18NO5P. The average molecular weight is 287 g/mol. The molecule has 1 unspecified atom stereocenters. The fourth-order valence-corrected chi connectivity index (χ4v) is 2.28. The molecule has 6 nitrogen and oxygen atoms in total. The Kier molecular flexibility index (Phi) is 5.69. The molecule has 0 spiro atoms. The van der Waals surface area contributed by atoms with Gasteiger partial charge in [0.25, 0.3) is 0 Å². The first-order chi connectivity index (χ1) is 8.79. The quantitative estimate of drug-likeness (QED) is 0.549. The lowest BCUT2D eigenvalue weighted by Gasteiger charge is -2.11. The summed E-state index contributed by atoms with van der Waals surface area (Å²) in [5, 5.41) is 8.71. The van der Waals surface area contributed by atoms with Crippen molar-refractivity contribution in [2.75, 3.05) is 6.16 Å². The van der Waals surface area contributed by atoms with Gasteiger partial charge in [0, 0.05) is 0 Å². The largest absolute Gasteiger partial charge is 0.480 e. The second-order valence-corrected chi connectivity index (χ2v) is 6.17. The highest BCUT2D eigenvalue weighted by atomic mass is 31.2. The molecule has 7 heteroatoms. The molecule has 1 aromatic carbocycles. The molecule has 1 aromatic rings. The molecule has 0 radical (unpaired) electrons. The normalized spacial score (nSPS) is 13.2. The van der Waals surface area contributed by atoms with Crippen LogP contribution in [0.5, 0.6) is 0 Å². The monoisotopic (exact) mass is 287 g/mol. The zero-order valence-corrected chi connectivity index (χ0v) is 11.3. The first-order valence-corrected chi connectivity index (χ1v) is 7.69. The molecule has 0 saturated carbocycles. The van der Waals surface area contributed by atoms with E-state index in [1.165, 1.54) is 0 Å². The minimum absolute atomic E-state index is 0.213. The zero-order valence-electron chi connectivity index (χ0n) is 10.4. The predicted molar refractivity (Wildman–Crippen MR) is 71.0 cm³/mol. The van der Waals surface area contributed by atoms with Crippen molar-refractivity contribution in [3.8, 4) is 0 Å². The molecule has 0 heterocycles. The fourth-order valence-electron chi connectivity index (χ4n) is 1.75.